The van der Waals surface area contributed by atoms with Crippen molar-refractivity contribution in [2.75, 3.05) is 18.6 Å². The predicted octanol–water partition coefficient (Wildman–Crippen LogP) is 4.23. The molecule has 0 fully saturated rings. The molecule has 5 rings (SSSR count). The van der Waals surface area contributed by atoms with Gasteiger partial charge in [0.1, 0.15) is 10.6 Å². The summed E-state index contributed by atoms with van der Waals surface area (Å²) in [5.41, 5.74) is 2.47. The van der Waals surface area contributed by atoms with E-state index in [0.717, 1.165) is 16.0 Å². The molecule has 1 aliphatic heterocycles. The van der Waals surface area contributed by atoms with E-state index in [1.807, 2.05) is 37.3 Å². The number of rotatable bonds is 4. The first-order valence-corrected chi connectivity index (χ1v) is 11.3. The van der Waals surface area contributed by atoms with Gasteiger partial charge in [0.25, 0.3) is 11.5 Å². The van der Waals surface area contributed by atoms with Gasteiger partial charge in [0.05, 0.1) is 23.4 Å². The molecule has 8 heteroatoms. The molecule has 3 heterocycles. The van der Waals surface area contributed by atoms with E-state index in [1.54, 1.807) is 32.2 Å². The molecule has 2 aromatic heterocycles. The predicted molar refractivity (Wildman–Crippen MR) is 128 cm³/mol. The quantitative estimate of drug-likeness (QED) is 0.427. The molecule has 1 unspecified atom stereocenters. The second-order valence-electron chi connectivity index (χ2n) is 8.00. The summed E-state index contributed by atoms with van der Waals surface area (Å²) in [4.78, 5) is 46.5. The van der Waals surface area contributed by atoms with Crippen LogP contribution in [-0.4, -0.2) is 34.9 Å². The monoisotopic (exact) mass is 459 g/mol. The fourth-order valence-electron chi connectivity index (χ4n) is 4.14. The third kappa shape index (κ3) is 3.43. The summed E-state index contributed by atoms with van der Waals surface area (Å²) in [6.45, 7) is 3.63. The van der Waals surface area contributed by atoms with Crippen LogP contribution in [0.4, 0.5) is 5.69 Å². The summed E-state index contributed by atoms with van der Waals surface area (Å²) in [6, 6.07) is 13.9. The summed E-state index contributed by atoms with van der Waals surface area (Å²) in [6.07, 6.45) is 1.44. The molecule has 2 aromatic carbocycles. The minimum atomic E-state index is -0.776. The Morgan fingerprint density at radius 2 is 1.91 bits per heavy atom. The summed E-state index contributed by atoms with van der Waals surface area (Å²) in [5, 5.41) is 0.523. The lowest BCUT2D eigenvalue weighted by molar-refractivity contribution is -0.120. The molecular weight excluding hydrogens is 438 g/mol. The highest BCUT2D eigenvalue weighted by molar-refractivity contribution is 7.19. The van der Waals surface area contributed by atoms with Crippen LogP contribution in [0, 0.1) is 6.92 Å². The number of Topliss-reactive ketones (excluding diaryl/α,β-unsaturated/α-hetero) is 1. The Hall–Kier alpha value is -3.78. The van der Waals surface area contributed by atoms with Gasteiger partial charge in [-0.3, -0.25) is 19.0 Å². The molecule has 1 amide bonds. The van der Waals surface area contributed by atoms with E-state index < -0.39 is 6.04 Å². The Morgan fingerprint density at radius 3 is 2.67 bits per heavy atom. The topological polar surface area (TPSA) is 81.5 Å². The molecule has 0 radical (unpaired) electrons. The van der Waals surface area contributed by atoms with Crippen LogP contribution in [0.25, 0.3) is 21.3 Å². The molecule has 1 aliphatic rings. The Labute approximate surface area is 193 Å². The van der Waals surface area contributed by atoms with Crippen molar-refractivity contribution in [3.8, 4) is 16.9 Å². The molecule has 33 heavy (non-hydrogen) atoms. The van der Waals surface area contributed by atoms with Crippen LogP contribution in [0.3, 0.4) is 0 Å². The number of carbonyl (C=O) groups is 2. The number of amides is 1. The number of likely N-dealkylation sites (N-methyl/N-ethyl adjacent to an activating group) is 1. The van der Waals surface area contributed by atoms with E-state index in [-0.39, 0.29) is 23.9 Å². The zero-order chi connectivity index (χ0) is 23.3. The summed E-state index contributed by atoms with van der Waals surface area (Å²) in [5.74, 6) is 0.107. The van der Waals surface area contributed by atoms with E-state index in [0.29, 0.717) is 27.2 Å². The second-order valence-corrected chi connectivity index (χ2v) is 9.20. The molecule has 0 N–H and O–H groups in total. The minimum Gasteiger partial charge on any atom is -0.482 e. The number of anilines is 1. The van der Waals surface area contributed by atoms with Crippen molar-refractivity contribution < 1.29 is 14.3 Å². The van der Waals surface area contributed by atoms with Crippen LogP contribution < -0.4 is 15.2 Å². The number of fused-ring (bicyclic) bond motifs is 2. The fraction of sp³-hybridized carbons (Fsp3) is 0.200. The summed E-state index contributed by atoms with van der Waals surface area (Å²) < 4.78 is 6.83. The average Bonchev–Trinajstić information content (AvgIpc) is 3.18. The Kier molecular flexibility index (Phi) is 5.09. The standard InChI is InChI=1S/C25H21N3O4S/c1-14(23(30)17-9-10-19-18(11-17)27(3)20(29)12-32-19)28-13-26-24-22(25(28)31)21(15(2)33-24)16-7-5-4-6-8-16/h4-11,13-14H,12H2,1-3H3. The Bertz CT molecular complexity index is 1470. The highest BCUT2D eigenvalue weighted by Crippen LogP contribution is 2.36. The van der Waals surface area contributed by atoms with Gasteiger partial charge in [-0.15, -0.1) is 11.3 Å². The number of nitrogens with zero attached hydrogens (tertiary/aromatic N) is 3. The maximum atomic E-state index is 13.5. The number of aromatic nitrogens is 2. The maximum absolute atomic E-state index is 13.5. The zero-order valence-electron chi connectivity index (χ0n) is 18.4. The molecule has 0 aliphatic carbocycles. The van der Waals surface area contributed by atoms with Gasteiger partial charge in [-0.25, -0.2) is 4.98 Å². The molecule has 1 atom stereocenters. The third-order valence-corrected chi connectivity index (χ3v) is 7.02. The number of ketones is 1. The van der Waals surface area contributed by atoms with Crippen molar-refractivity contribution in [3.05, 3.63) is 75.7 Å². The smallest absolute Gasteiger partial charge is 0.264 e. The van der Waals surface area contributed by atoms with Crippen molar-refractivity contribution in [1.82, 2.24) is 9.55 Å². The van der Waals surface area contributed by atoms with Crippen LogP contribution in [-0.2, 0) is 4.79 Å². The van der Waals surface area contributed by atoms with Crippen LogP contribution in [0.5, 0.6) is 5.75 Å². The highest BCUT2D eigenvalue weighted by Gasteiger charge is 2.26. The first-order valence-electron chi connectivity index (χ1n) is 10.5. The van der Waals surface area contributed by atoms with Crippen LogP contribution in [0.2, 0.25) is 0 Å². The number of benzene rings is 2. The minimum absolute atomic E-state index is 0.0297. The number of carbonyl (C=O) groups excluding carboxylic acids is 2. The molecule has 7 nitrogen and oxygen atoms in total. The molecule has 4 aromatic rings. The highest BCUT2D eigenvalue weighted by atomic mass is 32.1. The lowest BCUT2D eigenvalue weighted by atomic mass is 10.0. The van der Waals surface area contributed by atoms with Gasteiger partial charge >= 0.3 is 0 Å². The molecule has 0 saturated heterocycles. The van der Waals surface area contributed by atoms with Crippen molar-refractivity contribution in [2.45, 2.75) is 19.9 Å². The first-order chi connectivity index (χ1) is 15.9. The Balaban J connectivity index is 1.58. The van der Waals surface area contributed by atoms with E-state index in [4.69, 9.17) is 4.74 Å². The molecule has 0 bridgehead atoms. The van der Waals surface area contributed by atoms with Crippen LogP contribution >= 0.6 is 11.3 Å². The van der Waals surface area contributed by atoms with Gasteiger partial charge in [0, 0.05) is 23.1 Å². The van der Waals surface area contributed by atoms with Crippen molar-refractivity contribution >= 4 is 38.9 Å². The van der Waals surface area contributed by atoms with E-state index >= 15 is 0 Å². The van der Waals surface area contributed by atoms with Crippen molar-refractivity contribution in [2.24, 2.45) is 0 Å². The zero-order valence-corrected chi connectivity index (χ0v) is 19.2. The van der Waals surface area contributed by atoms with Gasteiger partial charge < -0.3 is 9.64 Å². The van der Waals surface area contributed by atoms with Crippen LogP contribution in [0.15, 0.2) is 59.7 Å². The number of hydrogen-bond acceptors (Lipinski definition) is 6. The lowest BCUT2D eigenvalue weighted by Gasteiger charge is -2.26. The molecule has 0 saturated carbocycles. The molecule has 0 spiro atoms. The number of ether oxygens (including phenoxy) is 1. The average molecular weight is 460 g/mol. The summed E-state index contributed by atoms with van der Waals surface area (Å²) >= 11 is 1.47. The fourth-order valence-corrected chi connectivity index (χ4v) is 5.14. The van der Waals surface area contributed by atoms with Gasteiger partial charge in [-0.05, 0) is 37.6 Å². The van der Waals surface area contributed by atoms with Gasteiger partial charge in [0.2, 0.25) is 0 Å². The van der Waals surface area contributed by atoms with Crippen molar-refractivity contribution in [1.29, 1.82) is 0 Å². The number of hydrogen-bond donors (Lipinski definition) is 0. The molecule has 166 valence electrons. The lowest BCUT2D eigenvalue weighted by Crippen LogP contribution is -2.35. The van der Waals surface area contributed by atoms with E-state index in [1.165, 1.54) is 27.1 Å². The Morgan fingerprint density at radius 1 is 1.15 bits per heavy atom. The van der Waals surface area contributed by atoms with Gasteiger partial charge in [0.15, 0.2) is 12.4 Å². The largest absolute Gasteiger partial charge is 0.482 e. The van der Waals surface area contributed by atoms with E-state index in [9.17, 15) is 14.4 Å². The van der Waals surface area contributed by atoms with Gasteiger partial charge in [-0.1, -0.05) is 30.3 Å². The van der Waals surface area contributed by atoms with Crippen LogP contribution in [0.1, 0.15) is 28.2 Å². The second kappa shape index (κ2) is 7.97. The normalized spacial score (nSPS) is 14.2. The third-order valence-electron chi connectivity index (χ3n) is 6.00. The molecular formula is C25H21N3O4S. The number of thiophene rings is 1. The van der Waals surface area contributed by atoms with Gasteiger partial charge in [-0.2, -0.15) is 0 Å². The van der Waals surface area contributed by atoms with E-state index in [2.05, 4.69) is 4.98 Å². The first kappa shape index (κ1) is 21.1. The SMILES string of the molecule is Cc1sc2ncn(C(C)C(=O)c3ccc4c(c3)N(C)C(=O)CO4)c(=O)c2c1-c1ccccc1. The maximum Gasteiger partial charge on any atom is 0.264 e. The van der Waals surface area contributed by atoms with Crippen molar-refractivity contribution in [3.63, 3.8) is 0 Å². The number of aryl methyl sites for hydroxylation is 1. The summed E-state index contributed by atoms with van der Waals surface area (Å²) in [7, 11) is 1.65.